The lowest BCUT2D eigenvalue weighted by atomic mass is 10.2. The number of aromatic nitrogens is 2. The summed E-state index contributed by atoms with van der Waals surface area (Å²) in [6.07, 6.45) is 3.95. The van der Waals surface area contributed by atoms with Crippen LogP contribution in [0.2, 0.25) is 0 Å². The van der Waals surface area contributed by atoms with Crippen LogP contribution in [0.3, 0.4) is 0 Å². The van der Waals surface area contributed by atoms with Crippen LogP contribution in [0.1, 0.15) is 25.5 Å². The normalized spacial score (nSPS) is 10.2. The molecule has 0 aliphatic heterocycles. The van der Waals surface area contributed by atoms with Crippen LogP contribution >= 0.6 is 0 Å². The lowest BCUT2D eigenvalue weighted by Gasteiger charge is -2.07. The lowest BCUT2D eigenvalue weighted by Crippen LogP contribution is -2.28. The van der Waals surface area contributed by atoms with Crippen LogP contribution in [0.5, 0.6) is 0 Å². The van der Waals surface area contributed by atoms with Gasteiger partial charge < -0.3 is 15.4 Å². The van der Waals surface area contributed by atoms with Crippen molar-refractivity contribution in [3.63, 3.8) is 0 Å². The Morgan fingerprint density at radius 3 is 2.95 bits per heavy atom. The van der Waals surface area contributed by atoms with Gasteiger partial charge in [-0.15, -0.1) is 0 Å². The molecule has 1 rings (SSSR count). The number of nitrogens with one attached hydrogen (secondary N) is 2. The van der Waals surface area contributed by atoms with Crippen LogP contribution in [-0.4, -0.2) is 42.7 Å². The molecule has 1 heterocycles. The summed E-state index contributed by atoms with van der Waals surface area (Å²) < 4.78 is 4.85. The molecular weight excluding hydrogens is 244 g/mol. The van der Waals surface area contributed by atoms with Gasteiger partial charge in [-0.3, -0.25) is 4.79 Å². The second-order valence-corrected chi connectivity index (χ2v) is 4.16. The molecule has 0 saturated heterocycles. The molecule has 1 amide bonds. The molecule has 0 fully saturated rings. The number of nitrogens with zero attached hydrogens (tertiary/aromatic N) is 2. The number of ether oxygens (including phenoxy) is 1. The summed E-state index contributed by atoms with van der Waals surface area (Å²) in [4.78, 5) is 19.7. The maximum absolute atomic E-state index is 11.4. The molecule has 0 radical (unpaired) electrons. The molecule has 0 atom stereocenters. The molecule has 0 spiro atoms. The third-order valence-corrected chi connectivity index (χ3v) is 2.52. The second kappa shape index (κ2) is 9.27. The first-order valence-corrected chi connectivity index (χ1v) is 6.56. The number of anilines is 1. The summed E-state index contributed by atoms with van der Waals surface area (Å²) in [5.74, 6) is 0.774. The van der Waals surface area contributed by atoms with Gasteiger partial charge in [0.05, 0.1) is 6.61 Å². The second-order valence-electron chi connectivity index (χ2n) is 4.16. The van der Waals surface area contributed by atoms with Crippen LogP contribution in [0, 0.1) is 0 Å². The van der Waals surface area contributed by atoms with Gasteiger partial charge in [-0.1, -0.05) is 13.3 Å². The van der Waals surface area contributed by atoms with Gasteiger partial charge in [0.2, 0.25) is 5.91 Å². The van der Waals surface area contributed by atoms with Gasteiger partial charge in [-0.2, -0.15) is 0 Å². The van der Waals surface area contributed by atoms with Crippen molar-refractivity contribution in [2.24, 2.45) is 0 Å². The number of hydrogen-bond acceptors (Lipinski definition) is 5. The Hall–Kier alpha value is -1.69. The fourth-order valence-corrected chi connectivity index (χ4v) is 1.57. The fourth-order valence-electron chi connectivity index (χ4n) is 1.57. The third-order valence-electron chi connectivity index (χ3n) is 2.52. The Morgan fingerprint density at radius 2 is 2.21 bits per heavy atom. The maximum atomic E-state index is 11.4. The summed E-state index contributed by atoms with van der Waals surface area (Å²) in [6, 6.07) is 1.92. The summed E-state index contributed by atoms with van der Waals surface area (Å²) in [7, 11) is 1.61. The molecule has 6 nitrogen and oxygen atoms in total. The highest BCUT2D eigenvalue weighted by Crippen LogP contribution is 2.05. The minimum atomic E-state index is 0.00684. The summed E-state index contributed by atoms with van der Waals surface area (Å²) >= 11 is 0. The summed E-state index contributed by atoms with van der Waals surface area (Å²) in [5, 5.41) is 5.89. The highest BCUT2D eigenvalue weighted by molar-refractivity contribution is 5.76. The van der Waals surface area contributed by atoms with Gasteiger partial charge in [0.25, 0.3) is 0 Å². The summed E-state index contributed by atoms with van der Waals surface area (Å²) in [5.41, 5.74) is 1.02. The molecule has 0 aliphatic carbocycles. The Kier molecular flexibility index (Phi) is 7.50. The molecule has 0 aliphatic rings. The predicted octanol–water partition coefficient (Wildman–Crippen LogP) is 0.994. The number of carbonyl (C=O) groups is 1. The zero-order valence-corrected chi connectivity index (χ0v) is 11.6. The Balaban J connectivity index is 2.24. The maximum Gasteiger partial charge on any atom is 0.221 e. The van der Waals surface area contributed by atoms with E-state index >= 15 is 0 Å². The molecule has 0 aromatic carbocycles. The van der Waals surface area contributed by atoms with Crippen LogP contribution in [0.4, 0.5) is 5.82 Å². The van der Waals surface area contributed by atoms with E-state index in [0.29, 0.717) is 26.1 Å². The Morgan fingerprint density at radius 1 is 1.37 bits per heavy atom. The van der Waals surface area contributed by atoms with E-state index in [1.165, 1.54) is 0 Å². The van der Waals surface area contributed by atoms with Gasteiger partial charge >= 0.3 is 0 Å². The quantitative estimate of drug-likeness (QED) is 0.652. The van der Waals surface area contributed by atoms with Gasteiger partial charge in [-0.25, -0.2) is 9.97 Å². The van der Waals surface area contributed by atoms with Crippen molar-refractivity contribution in [1.29, 1.82) is 0 Å². The van der Waals surface area contributed by atoms with Crippen molar-refractivity contribution in [3.05, 3.63) is 18.1 Å². The number of methoxy groups -OCH3 is 1. The molecule has 0 saturated carbocycles. The number of carbonyl (C=O) groups excluding carboxylic acids is 1. The van der Waals surface area contributed by atoms with E-state index in [0.717, 1.165) is 24.4 Å². The van der Waals surface area contributed by atoms with E-state index in [1.807, 2.05) is 6.07 Å². The first-order chi connectivity index (χ1) is 9.26. The molecule has 19 heavy (non-hydrogen) atoms. The van der Waals surface area contributed by atoms with Crippen molar-refractivity contribution < 1.29 is 9.53 Å². The van der Waals surface area contributed by atoms with Crippen molar-refractivity contribution in [1.82, 2.24) is 15.3 Å². The minimum absolute atomic E-state index is 0.00684. The van der Waals surface area contributed by atoms with Crippen LogP contribution in [-0.2, 0) is 16.0 Å². The average Bonchev–Trinajstić information content (AvgIpc) is 2.40. The summed E-state index contributed by atoms with van der Waals surface area (Å²) in [6.45, 7) is 3.75. The minimum Gasteiger partial charge on any atom is -0.383 e. The molecule has 6 heteroatoms. The van der Waals surface area contributed by atoms with E-state index < -0.39 is 0 Å². The van der Waals surface area contributed by atoms with Gasteiger partial charge in [0, 0.05) is 38.4 Å². The zero-order valence-electron chi connectivity index (χ0n) is 11.6. The highest BCUT2D eigenvalue weighted by atomic mass is 16.5. The van der Waals surface area contributed by atoms with E-state index in [9.17, 15) is 4.79 Å². The molecule has 0 bridgehead atoms. The van der Waals surface area contributed by atoms with Gasteiger partial charge in [-0.05, 0) is 6.42 Å². The standard InChI is InChI=1S/C13H22N4O2/c1-3-4-11-9-12(17-10-16-11)14-6-5-13(18)15-7-8-19-2/h9-10H,3-8H2,1-2H3,(H,15,18)(H,14,16,17). The Bertz CT molecular complexity index is 385. The number of aryl methyl sites for hydroxylation is 1. The topological polar surface area (TPSA) is 76.1 Å². The number of amides is 1. The molecule has 2 N–H and O–H groups in total. The Labute approximate surface area is 114 Å². The largest absolute Gasteiger partial charge is 0.383 e. The van der Waals surface area contributed by atoms with Crippen LogP contribution in [0.25, 0.3) is 0 Å². The molecule has 106 valence electrons. The zero-order chi connectivity index (χ0) is 13.9. The number of rotatable bonds is 9. The smallest absolute Gasteiger partial charge is 0.221 e. The van der Waals surface area contributed by atoms with E-state index in [2.05, 4.69) is 27.5 Å². The lowest BCUT2D eigenvalue weighted by molar-refractivity contribution is -0.121. The van der Waals surface area contributed by atoms with Crippen LogP contribution < -0.4 is 10.6 Å². The van der Waals surface area contributed by atoms with E-state index in [1.54, 1.807) is 13.4 Å². The highest BCUT2D eigenvalue weighted by Gasteiger charge is 2.01. The fraction of sp³-hybridized carbons (Fsp3) is 0.615. The number of hydrogen-bond donors (Lipinski definition) is 2. The van der Waals surface area contributed by atoms with Crippen molar-refractivity contribution >= 4 is 11.7 Å². The third kappa shape index (κ3) is 6.71. The van der Waals surface area contributed by atoms with Gasteiger partial charge in [0.1, 0.15) is 12.1 Å². The van der Waals surface area contributed by atoms with E-state index in [-0.39, 0.29) is 5.91 Å². The molecule has 1 aromatic heterocycles. The molecular formula is C13H22N4O2. The monoisotopic (exact) mass is 266 g/mol. The predicted molar refractivity (Wildman–Crippen MR) is 74.0 cm³/mol. The first kappa shape index (κ1) is 15.4. The first-order valence-electron chi connectivity index (χ1n) is 6.56. The average molecular weight is 266 g/mol. The SMILES string of the molecule is CCCc1cc(NCCC(=O)NCCOC)ncn1. The van der Waals surface area contributed by atoms with Crippen LogP contribution in [0.15, 0.2) is 12.4 Å². The van der Waals surface area contributed by atoms with Crippen molar-refractivity contribution in [2.45, 2.75) is 26.2 Å². The van der Waals surface area contributed by atoms with E-state index in [4.69, 9.17) is 4.74 Å². The molecule has 1 aromatic rings. The molecule has 0 unspecified atom stereocenters. The van der Waals surface area contributed by atoms with Crippen molar-refractivity contribution in [3.8, 4) is 0 Å². The van der Waals surface area contributed by atoms with Crippen molar-refractivity contribution in [2.75, 3.05) is 32.1 Å². The van der Waals surface area contributed by atoms with Gasteiger partial charge in [0.15, 0.2) is 0 Å².